The molecule has 0 aliphatic carbocycles. The van der Waals surface area contributed by atoms with Crippen molar-refractivity contribution in [1.82, 2.24) is 25.2 Å². The van der Waals surface area contributed by atoms with Crippen molar-refractivity contribution < 1.29 is 0 Å². The first-order valence-corrected chi connectivity index (χ1v) is 11.5. The number of aromatic nitrogens is 5. The highest BCUT2D eigenvalue weighted by atomic mass is 16.1. The Morgan fingerprint density at radius 2 is 1.82 bits per heavy atom. The molecule has 3 heterocycles. The minimum Gasteiger partial charge on any atom is -0.357 e. The van der Waals surface area contributed by atoms with Crippen LogP contribution in [-0.2, 0) is 13.0 Å². The van der Waals surface area contributed by atoms with Gasteiger partial charge in [-0.25, -0.2) is 4.68 Å². The number of anilines is 1. The van der Waals surface area contributed by atoms with Crippen molar-refractivity contribution in [2.45, 2.75) is 25.9 Å². The van der Waals surface area contributed by atoms with E-state index in [-0.39, 0.29) is 5.56 Å². The molecule has 5 aromatic rings. The standard InChI is InChI=1S/C27H24N6O/c1-18-11-12-21-16-22(27(34)28-23(21)15-18)25(32-14-13-20-9-5-6-10-24(20)32)26-29-30-31-33(26)17-19-7-3-2-4-8-19/h2-12,15-16,25H,13-14,17H2,1H3,(H,28,34)/t25-/m1/s1. The molecule has 1 aliphatic rings. The number of pyridine rings is 1. The van der Waals surface area contributed by atoms with Gasteiger partial charge >= 0.3 is 0 Å². The largest absolute Gasteiger partial charge is 0.357 e. The van der Waals surface area contributed by atoms with E-state index in [2.05, 4.69) is 61.8 Å². The Labute approximate surface area is 196 Å². The molecule has 6 rings (SSSR count). The number of para-hydroxylation sites is 1. The minimum atomic E-state index is -0.420. The van der Waals surface area contributed by atoms with Gasteiger partial charge < -0.3 is 9.88 Å². The third-order valence-corrected chi connectivity index (χ3v) is 6.54. The SMILES string of the molecule is Cc1ccc2cc([C@H](c3nnnn3Cc3ccccc3)N3CCc4ccccc43)c(=O)[nH]c2c1. The zero-order valence-corrected chi connectivity index (χ0v) is 18.8. The molecule has 1 atom stereocenters. The molecule has 0 unspecified atom stereocenters. The molecule has 7 heteroatoms. The van der Waals surface area contributed by atoms with Gasteiger partial charge in [-0.1, -0.05) is 60.7 Å². The highest BCUT2D eigenvalue weighted by molar-refractivity contribution is 5.80. The second-order valence-corrected chi connectivity index (χ2v) is 8.80. The van der Waals surface area contributed by atoms with Crippen LogP contribution in [0.3, 0.4) is 0 Å². The van der Waals surface area contributed by atoms with Gasteiger partial charge in [0.1, 0.15) is 6.04 Å². The topological polar surface area (TPSA) is 79.7 Å². The number of hydrogen-bond acceptors (Lipinski definition) is 5. The molecule has 168 valence electrons. The summed E-state index contributed by atoms with van der Waals surface area (Å²) in [6.07, 6.45) is 0.914. The summed E-state index contributed by atoms with van der Waals surface area (Å²) in [5.41, 5.74) is 5.93. The summed E-state index contributed by atoms with van der Waals surface area (Å²) < 4.78 is 1.81. The van der Waals surface area contributed by atoms with Crippen LogP contribution >= 0.6 is 0 Å². The lowest BCUT2D eigenvalue weighted by Crippen LogP contribution is -2.34. The third-order valence-electron chi connectivity index (χ3n) is 6.54. The molecule has 0 bridgehead atoms. The number of H-pyrrole nitrogens is 1. The molecular weight excluding hydrogens is 424 g/mol. The van der Waals surface area contributed by atoms with Crippen LogP contribution in [0, 0.1) is 6.92 Å². The zero-order valence-electron chi connectivity index (χ0n) is 18.8. The molecular formula is C27H24N6O. The van der Waals surface area contributed by atoms with Gasteiger partial charge in [-0.05, 0) is 64.0 Å². The van der Waals surface area contributed by atoms with Crippen molar-refractivity contribution in [2.75, 3.05) is 11.4 Å². The second-order valence-electron chi connectivity index (χ2n) is 8.80. The van der Waals surface area contributed by atoms with Gasteiger partial charge in [0.05, 0.1) is 6.54 Å². The molecule has 0 amide bonds. The minimum absolute atomic E-state index is 0.123. The van der Waals surface area contributed by atoms with Crippen LogP contribution in [0.5, 0.6) is 0 Å². The van der Waals surface area contributed by atoms with E-state index < -0.39 is 6.04 Å². The van der Waals surface area contributed by atoms with Crippen molar-refractivity contribution in [1.29, 1.82) is 0 Å². The predicted molar refractivity (Wildman–Crippen MR) is 132 cm³/mol. The Morgan fingerprint density at radius 1 is 1.00 bits per heavy atom. The zero-order chi connectivity index (χ0) is 23.1. The van der Waals surface area contributed by atoms with Gasteiger partial charge in [0.25, 0.3) is 5.56 Å². The Hall–Kier alpha value is -4.26. The number of hydrogen-bond donors (Lipinski definition) is 1. The summed E-state index contributed by atoms with van der Waals surface area (Å²) in [6.45, 7) is 3.33. The van der Waals surface area contributed by atoms with E-state index in [9.17, 15) is 4.79 Å². The smallest absolute Gasteiger partial charge is 0.254 e. The Kier molecular flexibility index (Phi) is 4.95. The number of nitrogens with one attached hydrogen (secondary N) is 1. The number of nitrogens with zero attached hydrogens (tertiary/aromatic N) is 5. The van der Waals surface area contributed by atoms with Crippen LogP contribution in [0.25, 0.3) is 10.9 Å². The number of aromatic amines is 1. The normalized spacial score (nSPS) is 13.9. The molecule has 2 aromatic heterocycles. The van der Waals surface area contributed by atoms with Gasteiger partial charge in [0.15, 0.2) is 5.82 Å². The third kappa shape index (κ3) is 3.55. The quantitative estimate of drug-likeness (QED) is 0.439. The van der Waals surface area contributed by atoms with Crippen molar-refractivity contribution in [2.24, 2.45) is 0 Å². The number of fused-ring (bicyclic) bond motifs is 2. The van der Waals surface area contributed by atoms with Gasteiger partial charge in [-0.2, -0.15) is 0 Å². The van der Waals surface area contributed by atoms with Crippen LogP contribution in [0.2, 0.25) is 0 Å². The van der Waals surface area contributed by atoms with E-state index in [0.717, 1.165) is 40.7 Å². The van der Waals surface area contributed by atoms with Crippen molar-refractivity contribution in [3.63, 3.8) is 0 Å². The summed E-state index contributed by atoms with van der Waals surface area (Å²) in [6, 6.07) is 26.1. The monoisotopic (exact) mass is 448 g/mol. The van der Waals surface area contributed by atoms with Gasteiger partial charge in [-0.3, -0.25) is 4.79 Å². The Balaban J connectivity index is 1.53. The second kappa shape index (κ2) is 8.26. The van der Waals surface area contributed by atoms with Gasteiger partial charge in [0, 0.05) is 23.3 Å². The molecule has 1 N–H and O–H groups in total. The van der Waals surface area contributed by atoms with E-state index in [1.165, 1.54) is 5.56 Å². The summed E-state index contributed by atoms with van der Waals surface area (Å²) >= 11 is 0. The number of tetrazole rings is 1. The molecule has 0 fully saturated rings. The molecule has 1 aliphatic heterocycles. The summed E-state index contributed by atoms with van der Waals surface area (Å²) in [7, 11) is 0. The molecule has 0 saturated carbocycles. The lowest BCUT2D eigenvalue weighted by Gasteiger charge is -2.29. The average molecular weight is 449 g/mol. The van der Waals surface area contributed by atoms with Crippen LogP contribution in [0.1, 0.15) is 34.1 Å². The fraction of sp³-hybridized carbons (Fsp3) is 0.185. The average Bonchev–Trinajstić information content (AvgIpc) is 3.48. The lowest BCUT2D eigenvalue weighted by molar-refractivity contribution is 0.577. The van der Waals surface area contributed by atoms with Gasteiger partial charge in [0.2, 0.25) is 0 Å². The predicted octanol–water partition coefficient (Wildman–Crippen LogP) is 4.02. The maximum Gasteiger partial charge on any atom is 0.254 e. The first-order valence-electron chi connectivity index (χ1n) is 11.5. The van der Waals surface area contributed by atoms with Crippen LogP contribution in [0.4, 0.5) is 5.69 Å². The molecule has 0 saturated heterocycles. The number of aryl methyl sites for hydroxylation is 1. The molecule has 0 spiro atoms. The maximum absolute atomic E-state index is 13.5. The summed E-state index contributed by atoms with van der Waals surface area (Å²) in [4.78, 5) is 18.8. The van der Waals surface area contributed by atoms with E-state index >= 15 is 0 Å². The lowest BCUT2D eigenvalue weighted by atomic mass is 10.0. The highest BCUT2D eigenvalue weighted by Crippen LogP contribution is 2.37. The first kappa shape index (κ1) is 20.4. The first-order chi connectivity index (χ1) is 16.7. The van der Waals surface area contributed by atoms with E-state index in [1.807, 2.05) is 49.4 Å². The van der Waals surface area contributed by atoms with Crippen molar-refractivity contribution in [3.05, 3.63) is 117 Å². The Morgan fingerprint density at radius 3 is 2.71 bits per heavy atom. The molecule has 34 heavy (non-hydrogen) atoms. The Bertz CT molecular complexity index is 1540. The van der Waals surface area contributed by atoms with Crippen molar-refractivity contribution in [3.8, 4) is 0 Å². The highest BCUT2D eigenvalue weighted by Gasteiger charge is 2.34. The fourth-order valence-corrected chi connectivity index (χ4v) is 4.89. The van der Waals surface area contributed by atoms with E-state index in [0.29, 0.717) is 17.9 Å². The van der Waals surface area contributed by atoms with Crippen LogP contribution < -0.4 is 10.5 Å². The molecule has 7 nitrogen and oxygen atoms in total. The van der Waals surface area contributed by atoms with Crippen LogP contribution in [0.15, 0.2) is 83.7 Å². The molecule has 0 radical (unpaired) electrons. The summed E-state index contributed by atoms with van der Waals surface area (Å²) in [5, 5.41) is 13.8. The number of benzene rings is 3. The van der Waals surface area contributed by atoms with E-state index in [1.54, 1.807) is 4.68 Å². The van der Waals surface area contributed by atoms with Gasteiger partial charge in [-0.15, -0.1) is 5.10 Å². The maximum atomic E-state index is 13.5. The molecule has 3 aromatic carbocycles. The van der Waals surface area contributed by atoms with Crippen molar-refractivity contribution >= 4 is 16.6 Å². The van der Waals surface area contributed by atoms with Crippen LogP contribution in [-0.4, -0.2) is 31.7 Å². The summed E-state index contributed by atoms with van der Waals surface area (Å²) in [5.74, 6) is 0.650. The number of rotatable bonds is 5. The fourth-order valence-electron chi connectivity index (χ4n) is 4.89. The van der Waals surface area contributed by atoms with E-state index in [4.69, 9.17) is 0 Å².